The highest BCUT2D eigenvalue weighted by Crippen LogP contribution is 2.15. The molecule has 1 amide bonds. The van der Waals surface area contributed by atoms with Gasteiger partial charge in [-0.2, -0.15) is 0 Å². The second-order valence-electron chi connectivity index (χ2n) is 4.03. The lowest BCUT2D eigenvalue weighted by Gasteiger charge is -2.11. The first-order valence-corrected chi connectivity index (χ1v) is 5.74. The lowest BCUT2D eigenvalue weighted by molar-refractivity contribution is 0.147. The highest BCUT2D eigenvalue weighted by Gasteiger charge is 2.09. The quantitative estimate of drug-likeness (QED) is 0.808. The minimum absolute atomic E-state index is 0.241. The number of amides is 1. The van der Waals surface area contributed by atoms with Crippen molar-refractivity contribution in [3.8, 4) is 0 Å². The Hall–Kier alpha value is -1.62. The zero-order chi connectivity index (χ0) is 12.8. The third-order valence-electron chi connectivity index (χ3n) is 1.98. The van der Waals surface area contributed by atoms with E-state index in [1.807, 2.05) is 13.8 Å². The SMILES string of the molecule is CC(C)COC(=O)Nc1ccccc1C(N)=S. The van der Waals surface area contributed by atoms with Gasteiger partial charge < -0.3 is 10.5 Å². The van der Waals surface area contributed by atoms with E-state index < -0.39 is 6.09 Å². The molecule has 0 saturated carbocycles. The maximum Gasteiger partial charge on any atom is 0.411 e. The number of ether oxygens (including phenoxy) is 1. The first-order chi connectivity index (χ1) is 8.00. The number of carbonyl (C=O) groups is 1. The van der Waals surface area contributed by atoms with Crippen LogP contribution in [0.4, 0.5) is 10.5 Å². The third-order valence-corrected chi connectivity index (χ3v) is 2.20. The summed E-state index contributed by atoms with van der Waals surface area (Å²) in [6, 6.07) is 7.07. The van der Waals surface area contributed by atoms with E-state index in [0.29, 0.717) is 23.8 Å². The number of hydrogen-bond acceptors (Lipinski definition) is 3. The zero-order valence-electron chi connectivity index (χ0n) is 9.90. The van der Waals surface area contributed by atoms with Gasteiger partial charge in [0.2, 0.25) is 0 Å². The van der Waals surface area contributed by atoms with E-state index in [4.69, 9.17) is 22.7 Å². The Labute approximate surface area is 106 Å². The van der Waals surface area contributed by atoms with Gasteiger partial charge in [0.15, 0.2) is 0 Å². The van der Waals surface area contributed by atoms with Crippen LogP contribution in [0, 0.1) is 5.92 Å². The predicted octanol–water partition coefficient (Wildman–Crippen LogP) is 2.53. The normalized spacial score (nSPS) is 10.1. The Morgan fingerprint density at radius 2 is 2.12 bits per heavy atom. The van der Waals surface area contributed by atoms with Crippen LogP contribution >= 0.6 is 12.2 Å². The van der Waals surface area contributed by atoms with Gasteiger partial charge in [0.25, 0.3) is 0 Å². The molecule has 0 aliphatic carbocycles. The van der Waals surface area contributed by atoms with Gasteiger partial charge in [0.1, 0.15) is 4.99 Å². The van der Waals surface area contributed by atoms with E-state index in [1.165, 1.54) is 0 Å². The third kappa shape index (κ3) is 4.40. The molecule has 0 spiro atoms. The van der Waals surface area contributed by atoms with Crippen molar-refractivity contribution >= 4 is 29.0 Å². The van der Waals surface area contributed by atoms with Gasteiger partial charge in [0.05, 0.1) is 12.3 Å². The van der Waals surface area contributed by atoms with E-state index in [-0.39, 0.29) is 4.99 Å². The van der Waals surface area contributed by atoms with Gasteiger partial charge in [0, 0.05) is 5.56 Å². The van der Waals surface area contributed by atoms with Crippen LogP contribution in [0.1, 0.15) is 19.4 Å². The fourth-order valence-corrected chi connectivity index (χ4v) is 1.37. The molecule has 1 aromatic carbocycles. The van der Waals surface area contributed by atoms with Crippen molar-refractivity contribution in [3.63, 3.8) is 0 Å². The minimum Gasteiger partial charge on any atom is -0.449 e. The van der Waals surface area contributed by atoms with Gasteiger partial charge >= 0.3 is 6.09 Å². The van der Waals surface area contributed by atoms with Crippen LogP contribution in [0.5, 0.6) is 0 Å². The molecule has 0 aliphatic rings. The Bertz CT molecular complexity index is 419. The highest BCUT2D eigenvalue weighted by molar-refractivity contribution is 7.80. The zero-order valence-corrected chi connectivity index (χ0v) is 10.7. The van der Waals surface area contributed by atoms with E-state index in [1.54, 1.807) is 24.3 Å². The molecular formula is C12H16N2O2S. The van der Waals surface area contributed by atoms with Crippen LogP contribution in [0.2, 0.25) is 0 Å². The molecular weight excluding hydrogens is 236 g/mol. The molecule has 5 heteroatoms. The number of nitrogens with one attached hydrogen (secondary N) is 1. The fourth-order valence-electron chi connectivity index (χ4n) is 1.20. The van der Waals surface area contributed by atoms with E-state index in [2.05, 4.69) is 5.32 Å². The summed E-state index contributed by atoms with van der Waals surface area (Å²) >= 11 is 4.89. The van der Waals surface area contributed by atoms with Crippen molar-refractivity contribution in [2.24, 2.45) is 11.7 Å². The molecule has 3 N–H and O–H groups in total. The lowest BCUT2D eigenvalue weighted by Crippen LogP contribution is -2.19. The molecule has 0 aromatic heterocycles. The molecule has 1 aromatic rings. The molecule has 0 bridgehead atoms. The van der Waals surface area contributed by atoms with Crippen molar-refractivity contribution in [2.75, 3.05) is 11.9 Å². The maximum atomic E-state index is 11.5. The monoisotopic (exact) mass is 252 g/mol. The van der Waals surface area contributed by atoms with Crippen LogP contribution in [0.25, 0.3) is 0 Å². The minimum atomic E-state index is -0.498. The first-order valence-electron chi connectivity index (χ1n) is 5.33. The summed E-state index contributed by atoms with van der Waals surface area (Å²) < 4.78 is 5.01. The Kier molecular flexibility index (Phi) is 4.90. The number of carbonyl (C=O) groups excluding carboxylic acids is 1. The van der Waals surface area contributed by atoms with Crippen molar-refractivity contribution < 1.29 is 9.53 Å². The second-order valence-corrected chi connectivity index (χ2v) is 4.47. The Balaban J connectivity index is 2.68. The Morgan fingerprint density at radius 3 is 2.71 bits per heavy atom. The van der Waals surface area contributed by atoms with E-state index >= 15 is 0 Å². The van der Waals surface area contributed by atoms with Crippen LogP contribution in [-0.4, -0.2) is 17.7 Å². The number of benzene rings is 1. The molecule has 17 heavy (non-hydrogen) atoms. The van der Waals surface area contributed by atoms with Crippen molar-refractivity contribution in [3.05, 3.63) is 29.8 Å². The van der Waals surface area contributed by atoms with Crippen molar-refractivity contribution in [1.82, 2.24) is 0 Å². The predicted molar refractivity (Wildman–Crippen MR) is 72.1 cm³/mol. The number of rotatable bonds is 4. The molecule has 92 valence electrons. The van der Waals surface area contributed by atoms with Crippen LogP contribution in [0.15, 0.2) is 24.3 Å². The summed E-state index contributed by atoms with van der Waals surface area (Å²) in [5.74, 6) is 0.298. The van der Waals surface area contributed by atoms with Gasteiger partial charge in [-0.15, -0.1) is 0 Å². The number of nitrogens with two attached hydrogens (primary N) is 1. The standard InChI is InChI=1S/C12H16N2O2S/c1-8(2)7-16-12(15)14-10-6-4-3-5-9(10)11(13)17/h3-6,8H,7H2,1-2H3,(H2,13,17)(H,14,15). The number of para-hydroxylation sites is 1. The molecule has 0 fully saturated rings. The van der Waals surface area contributed by atoms with E-state index in [9.17, 15) is 4.79 Å². The van der Waals surface area contributed by atoms with Crippen LogP contribution in [0.3, 0.4) is 0 Å². The fraction of sp³-hybridized carbons (Fsp3) is 0.333. The number of anilines is 1. The maximum absolute atomic E-state index is 11.5. The average molecular weight is 252 g/mol. The Morgan fingerprint density at radius 1 is 1.47 bits per heavy atom. The molecule has 0 saturated heterocycles. The first kappa shape index (κ1) is 13.4. The van der Waals surface area contributed by atoms with Gasteiger partial charge in [-0.25, -0.2) is 4.79 Å². The molecule has 0 heterocycles. The largest absolute Gasteiger partial charge is 0.449 e. The summed E-state index contributed by atoms with van der Waals surface area (Å²) in [5.41, 5.74) is 6.74. The number of thiocarbonyl (C=S) groups is 1. The lowest BCUT2D eigenvalue weighted by atomic mass is 10.2. The summed E-state index contributed by atoms with van der Waals surface area (Å²) in [6.45, 7) is 4.31. The topological polar surface area (TPSA) is 64.3 Å². The number of hydrogen-bond donors (Lipinski definition) is 2. The van der Waals surface area contributed by atoms with Gasteiger partial charge in [-0.1, -0.05) is 38.2 Å². The molecule has 0 radical (unpaired) electrons. The molecule has 4 nitrogen and oxygen atoms in total. The van der Waals surface area contributed by atoms with Crippen LogP contribution in [-0.2, 0) is 4.74 Å². The van der Waals surface area contributed by atoms with Crippen LogP contribution < -0.4 is 11.1 Å². The second kappa shape index (κ2) is 6.20. The van der Waals surface area contributed by atoms with Gasteiger partial charge in [-0.3, -0.25) is 5.32 Å². The molecule has 1 rings (SSSR count). The highest BCUT2D eigenvalue weighted by atomic mass is 32.1. The van der Waals surface area contributed by atoms with Crippen molar-refractivity contribution in [2.45, 2.75) is 13.8 Å². The molecule has 0 atom stereocenters. The summed E-state index contributed by atoms with van der Waals surface area (Å²) in [4.78, 5) is 11.7. The average Bonchev–Trinajstić information content (AvgIpc) is 2.27. The summed E-state index contributed by atoms with van der Waals surface area (Å²) in [5, 5.41) is 2.62. The van der Waals surface area contributed by atoms with E-state index in [0.717, 1.165) is 0 Å². The smallest absolute Gasteiger partial charge is 0.411 e. The molecule has 0 unspecified atom stereocenters. The van der Waals surface area contributed by atoms with Crippen molar-refractivity contribution in [1.29, 1.82) is 0 Å². The van der Waals surface area contributed by atoms with Gasteiger partial charge in [-0.05, 0) is 18.1 Å². The molecule has 0 aliphatic heterocycles. The summed E-state index contributed by atoms with van der Waals surface area (Å²) in [7, 11) is 0. The summed E-state index contributed by atoms with van der Waals surface area (Å²) in [6.07, 6.45) is -0.498.